The van der Waals surface area contributed by atoms with E-state index in [9.17, 15) is 4.79 Å². The van der Waals surface area contributed by atoms with Gasteiger partial charge in [-0.05, 0) is 29.8 Å². The molecule has 2 aromatic carbocycles. The molecule has 1 heterocycles. The molecular weight excluding hydrogens is 314 g/mol. The molecule has 0 atom stereocenters. The van der Waals surface area contributed by atoms with Crippen LogP contribution in [0.5, 0.6) is 0 Å². The van der Waals surface area contributed by atoms with Crippen LogP contribution >= 0.6 is 15.9 Å². The highest BCUT2D eigenvalue weighted by molar-refractivity contribution is 9.10. The second-order valence-electron chi connectivity index (χ2n) is 4.62. The second kappa shape index (κ2) is 5.55. The number of hydrogen-bond acceptors (Lipinski definition) is 2. The van der Waals surface area contributed by atoms with Gasteiger partial charge in [0, 0.05) is 16.3 Å². The van der Waals surface area contributed by atoms with Crippen molar-refractivity contribution < 1.29 is 4.79 Å². The van der Waals surface area contributed by atoms with Crippen molar-refractivity contribution in [3.8, 4) is 0 Å². The first-order valence-electron chi connectivity index (χ1n) is 6.36. The van der Waals surface area contributed by atoms with Crippen LogP contribution in [0.15, 0.2) is 65.1 Å². The Balaban J connectivity index is 1.86. The Morgan fingerprint density at radius 2 is 1.70 bits per heavy atom. The molecule has 1 aromatic heterocycles. The number of ketones is 1. The Labute approximate surface area is 125 Å². The van der Waals surface area contributed by atoms with Crippen molar-refractivity contribution in [2.24, 2.45) is 0 Å². The van der Waals surface area contributed by atoms with Crippen LogP contribution in [0, 0.1) is 0 Å². The standard InChI is InChI=1S/C17H12BrNO/c18-14-8-5-12(6-9-14)11-17(20)16-10-7-13-3-1-2-4-15(13)19-16/h1-10H,11H2. The van der Waals surface area contributed by atoms with Crippen LogP contribution < -0.4 is 0 Å². The van der Waals surface area contributed by atoms with Gasteiger partial charge in [0.15, 0.2) is 5.78 Å². The van der Waals surface area contributed by atoms with E-state index in [-0.39, 0.29) is 5.78 Å². The summed E-state index contributed by atoms with van der Waals surface area (Å²) in [5.74, 6) is 0.0399. The van der Waals surface area contributed by atoms with E-state index in [0.717, 1.165) is 20.9 Å². The lowest BCUT2D eigenvalue weighted by atomic mass is 10.1. The van der Waals surface area contributed by atoms with Gasteiger partial charge in [-0.15, -0.1) is 0 Å². The molecule has 2 nitrogen and oxygen atoms in total. The number of aromatic nitrogens is 1. The monoisotopic (exact) mass is 325 g/mol. The zero-order chi connectivity index (χ0) is 13.9. The molecule has 3 aromatic rings. The van der Waals surface area contributed by atoms with E-state index in [1.807, 2.05) is 54.6 Å². The van der Waals surface area contributed by atoms with Gasteiger partial charge in [-0.25, -0.2) is 4.98 Å². The number of pyridine rings is 1. The fourth-order valence-corrected chi connectivity index (χ4v) is 2.36. The molecule has 0 radical (unpaired) electrons. The summed E-state index contributed by atoms with van der Waals surface area (Å²) in [7, 11) is 0. The molecule has 0 bridgehead atoms. The van der Waals surface area contributed by atoms with Gasteiger partial charge in [-0.2, -0.15) is 0 Å². The van der Waals surface area contributed by atoms with E-state index >= 15 is 0 Å². The van der Waals surface area contributed by atoms with Crippen molar-refractivity contribution in [1.82, 2.24) is 4.98 Å². The van der Waals surface area contributed by atoms with E-state index in [1.54, 1.807) is 6.07 Å². The molecular formula is C17H12BrNO. The number of halogens is 1. The van der Waals surface area contributed by atoms with Crippen LogP contribution in [-0.2, 0) is 6.42 Å². The van der Waals surface area contributed by atoms with Crippen molar-refractivity contribution in [3.05, 3.63) is 76.4 Å². The maximum absolute atomic E-state index is 12.3. The van der Waals surface area contributed by atoms with E-state index in [1.165, 1.54) is 0 Å². The molecule has 0 fully saturated rings. The third-order valence-electron chi connectivity index (χ3n) is 3.16. The summed E-state index contributed by atoms with van der Waals surface area (Å²) in [6, 6.07) is 19.3. The minimum Gasteiger partial charge on any atom is -0.292 e. The average Bonchev–Trinajstić information content (AvgIpc) is 2.49. The third-order valence-corrected chi connectivity index (χ3v) is 3.69. The Bertz CT molecular complexity index is 765. The maximum atomic E-state index is 12.3. The van der Waals surface area contributed by atoms with Gasteiger partial charge >= 0.3 is 0 Å². The molecule has 0 aliphatic heterocycles. The van der Waals surface area contributed by atoms with Crippen LogP contribution in [0.4, 0.5) is 0 Å². The van der Waals surface area contributed by atoms with E-state index in [2.05, 4.69) is 20.9 Å². The molecule has 0 spiro atoms. The van der Waals surface area contributed by atoms with Crippen molar-refractivity contribution >= 4 is 32.6 Å². The normalized spacial score (nSPS) is 10.7. The first kappa shape index (κ1) is 13.0. The summed E-state index contributed by atoms with van der Waals surface area (Å²) in [4.78, 5) is 16.7. The SMILES string of the molecule is O=C(Cc1ccc(Br)cc1)c1ccc2ccccc2n1. The molecule has 0 saturated heterocycles. The zero-order valence-corrected chi connectivity index (χ0v) is 12.3. The minimum atomic E-state index is 0.0399. The largest absolute Gasteiger partial charge is 0.292 e. The first-order chi connectivity index (χ1) is 9.72. The van der Waals surface area contributed by atoms with Gasteiger partial charge in [0.1, 0.15) is 5.69 Å². The lowest BCUT2D eigenvalue weighted by molar-refractivity contribution is 0.0988. The van der Waals surface area contributed by atoms with E-state index in [0.29, 0.717) is 12.1 Å². The summed E-state index contributed by atoms with van der Waals surface area (Å²) in [5.41, 5.74) is 2.37. The smallest absolute Gasteiger partial charge is 0.185 e. The van der Waals surface area contributed by atoms with Gasteiger partial charge in [0.25, 0.3) is 0 Å². The molecule has 20 heavy (non-hydrogen) atoms. The molecule has 0 aliphatic rings. The fourth-order valence-electron chi connectivity index (χ4n) is 2.10. The Hall–Kier alpha value is -2.00. The van der Waals surface area contributed by atoms with Crippen molar-refractivity contribution in [3.63, 3.8) is 0 Å². The number of carbonyl (C=O) groups excluding carboxylic acids is 1. The molecule has 0 saturated carbocycles. The summed E-state index contributed by atoms with van der Waals surface area (Å²) in [5, 5.41) is 1.05. The van der Waals surface area contributed by atoms with Crippen molar-refractivity contribution in [2.75, 3.05) is 0 Å². The first-order valence-corrected chi connectivity index (χ1v) is 7.15. The van der Waals surface area contributed by atoms with Gasteiger partial charge in [-0.1, -0.05) is 52.3 Å². The van der Waals surface area contributed by atoms with Gasteiger partial charge in [-0.3, -0.25) is 4.79 Å². The number of carbonyl (C=O) groups is 1. The number of rotatable bonds is 3. The van der Waals surface area contributed by atoms with Gasteiger partial charge in [0.05, 0.1) is 5.52 Å². The van der Waals surface area contributed by atoms with E-state index in [4.69, 9.17) is 0 Å². The fraction of sp³-hybridized carbons (Fsp3) is 0.0588. The molecule has 0 N–H and O–H groups in total. The summed E-state index contributed by atoms with van der Waals surface area (Å²) < 4.78 is 1.01. The Kier molecular flexibility index (Phi) is 3.61. The topological polar surface area (TPSA) is 30.0 Å². The number of para-hydroxylation sites is 1. The highest BCUT2D eigenvalue weighted by Crippen LogP contribution is 2.15. The highest BCUT2D eigenvalue weighted by Gasteiger charge is 2.09. The predicted octanol–water partition coefficient (Wildman–Crippen LogP) is 4.42. The zero-order valence-electron chi connectivity index (χ0n) is 10.7. The number of fused-ring (bicyclic) bond motifs is 1. The summed E-state index contributed by atoms with van der Waals surface area (Å²) in [6.45, 7) is 0. The highest BCUT2D eigenvalue weighted by atomic mass is 79.9. The predicted molar refractivity (Wildman–Crippen MR) is 83.9 cm³/mol. The van der Waals surface area contributed by atoms with Gasteiger partial charge in [0.2, 0.25) is 0 Å². The van der Waals surface area contributed by atoms with Crippen molar-refractivity contribution in [1.29, 1.82) is 0 Å². The molecule has 0 amide bonds. The number of hydrogen-bond donors (Lipinski definition) is 0. The summed E-state index contributed by atoms with van der Waals surface area (Å²) in [6.07, 6.45) is 0.374. The van der Waals surface area contributed by atoms with Crippen LogP contribution in [0.2, 0.25) is 0 Å². The van der Waals surface area contributed by atoms with Crippen LogP contribution in [0.25, 0.3) is 10.9 Å². The Morgan fingerprint density at radius 3 is 2.50 bits per heavy atom. The quantitative estimate of drug-likeness (QED) is 0.667. The minimum absolute atomic E-state index is 0.0399. The number of benzene rings is 2. The lowest BCUT2D eigenvalue weighted by Crippen LogP contribution is -2.05. The van der Waals surface area contributed by atoms with Crippen LogP contribution in [0.3, 0.4) is 0 Å². The average molecular weight is 326 g/mol. The second-order valence-corrected chi connectivity index (χ2v) is 5.53. The summed E-state index contributed by atoms with van der Waals surface area (Å²) >= 11 is 3.39. The molecule has 3 heteroatoms. The van der Waals surface area contributed by atoms with Crippen molar-refractivity contribution in [2.45, 2.75) is 6.42 Å². The third kappa shape index (κ3) is 2.78. The molecule has 0 unspecified atom stereocenters. The lowest BCUT2D eigenvalue weighted by Gasteiger charge is -2.03. The van der Waals surface area contributed by atoms with Crippen LogP contribution in [-0.4, -0.2) is 10.8 Å². The number of Topliss-reactive ketones (excluding diaryl/α,β-unsaturated/α-hetero) is 1. The van der Waals surface area contributed by atoms with Gasteiger partial charge < -0.3 is 0 Å². The van der Waals surface area contributed by atoms with E-state index < -0.39 is 0 Å². The maximum Gasteiger partial charge on any atom is 0.185 e. The van der Waals surface area contributed by atoms with Crippen LogP contribution in [0.1, 0.15) is 16.1 Å². The Morgan fingerprint density at radius 1 is 0.950 bits per heavy atom. The molecule has 98 valence electrons. The molecule has 0 aliphatic carbocycles. The number of nitrogens with zero attached hydrogens (tertiary/aromatic N) is 1. The molecule has 3 rings (SSSR count).